The maximum absolute atomic E-state index is 14.9. The molecule has 10 heteroatoms. The molecule has 0 aliphatic heterocycles. The molecule has 0 radical (unpaired) electrons. The number of carbonyl (C=O) groups is 2. The molecule has 31 heavy (non-hydrogen) atoms. The number of amides is 1. The molecule has 0 spiro atoms. The Hall–Kier alpha value is -3.23. The highest BCUT2D eigenvalue weighted by Crippen LogP contribution is 2.35. The average Bonchev–Trinajstić information content (AvgIpc) is 2.74. The van der Waals surface area contributed by atoms with Crippen LogP contribution in [0.4, 0.5) is 10.2 Å². The van der Waals surface area contributed by atoms with Crippen molar-refractivity contribution in [2.45, 2.75) is 13.5 Å². The molecule has 7 nitrogen and oxygen atoms in total. The molecule has 160 valence electrons. The van der Waals surface area contributed by atoms with Crippen LogP contribution in [0.3, 0.4) is 0 Å². The van der Waals surface area contributed by atoms with Gasteiger partial charge in [0.25, 0.3) is 0 Å². The van der Waals surface area contributed by atoms with E-state index in [2.05, 4.69) is 15.3 Å². The average molecular weight is 464 g/mol. The Morgan fingerprint density at radius 2 is 1.81 bits per heavy atom. The van der Waals surface area contributed by atoms with Gasteiger partial charge in [0.2, 0.25) is 5.91 Å². The molecule has 3 rings (SSSR count). The predicted octanol–water partition coefficient (Wildman–Crippen LogP) is 4.91. The van der Waals surface area contributed by atoms with E-state index in [0.717, 1.165) is 5.56 Å². The number of nitrogens with one attached hydrogen (secondary N) is 1. The normalized spacial score (nSPS) is 10.5. The molecule has 0 fully saturated rings. The van der Waals surface area contributed by atoms with Crippen molar-refractivity contribution in [2.75, 3.05) is 12.4 Å². The van der Waals surface area contributed by atoms with Gasteiger partial charge in [0.1, 0.15) is 11.6 Å². The molecular formula is C21H16Cl2FN3O4. The summed E-state index contributed by atoms with van der Waals surface area (Å²) in [5.74, 6) is -2.80. The number of halogens is 3. The van der Waals surface area contributed by atoms with Gasteiger partial charge >= 0.3 is 5.97 Å². The highest BCUT2D eigenvalue weighted by atomic mass is 35.5. The highest BCUT2D eigenvalue weighted by Gasteiger charge is 2.24. The van der Waals surface area contributed by atoms with E-state index in [1.807, 2.05) is 6.07 Å². The maximum atomic E-state index is 14.9. The Kier molecular flexibility index (Phi) is 7.04. The predicted molar refractivity (Wildman–Crippen MR) is 114 cm³/mol. The standard InChI is InChI=1S/C21H16Cl2FN3O4/c1-11(28)25-20-15(23)17(21(29)31-10-12-6-4-3-5-7-12)26-19(27-20)13-8-9-14(22)18(30-2)16(13)24/h3-9H,10H2,1-2H3,(H,25,26,27,28). The lowest BCUT2D eigenvalue weighted by Gasteiger charge is -2.13. The lowest BCUT2D eigenvalue weighted by atomic mass is 10.1. The second-order valence-electron chi connectivity index (χ2n) is 6.24. The van der Waals surface area contributed by atoms with Crippen LogP contribution in [0, 0.1) is 5.82 Å². The lowest BCUT2D eigenvalue weighted by molar-refractivity contribution is -0.114. The van der Waals surface area contributed by atoms with E-state index in [1.54, 1.807) is 24.3 Å². The minimum absolute atomic E-state index is 0.0338. The van der Waals surface area contributed by atoms with Gasteiger partial charge in [-0.1, -0.05) is 53.5 Å². The summed E-state index contributed by atoms with van der Waals surface area (Å²) in [6.45, 7) is 1.20. The number of ether oxygens (including phenoxy) is 2. The Labute approximate surface area is 187 Å². The largest absolute Gasteiger partial charge is 0.492 e. The fourth-order valence-electron chi connectivity index (χ4n) is 2.64. The van der Waals surface area contributed by atoms with E-state index >= 15 is 0 Å². The van der Waals surface area contributed by atoms with Crippen LogP contribution in [0.2, 0.25) is 10.0 Å². The third-order valence-electron chi connectivity index (χ3n) is 4.05. The zero-order valence-electron chi connectivity index (χ0n) is 16.4. The Morgan fingerprint density at radius 3 is 2.45 bits per heavy atom. The summed E-state index contributed by atoms with van der Waals surface area (Å²) in [7, 11) is 1.26. The van der Waals surface area contributed by atoms with Crippen LogP contribution < -0.4 is 10.1 Å². The second-order valence-corrected chi connectivity index (χ2v) is 7.03. The maximum Gasteiger partial charge on any atom is 0.359 e. The number of methoxy groups -OCH3 is 1. The van der Waals surface area contributed by atoms with Crippen LogP contribution in [-0.4, -0.2) is 29.0 Å². The number of benzene rings is 2. The highest BCUT2D eigenvalue weighted by molar-refractivity contribution is 6.36. The summed E-state index contributed by atoms with van der Waals surface area (Å²) in [5.41, 5.74) is 0.304. The van der Waals surface area contributed by atoms with E-state index in [-0.39, 0.29) is 45.3 Å². The Morgan fingerprint density at radius 1 is 1.10 bits per heavy atom. The van der Waals surface area contributed by atoms with Crippen LogP contribution >= 0.6 is 23.2 Å². The molecule has 0 saturated carbocycles. The minimum atomic E-state index is -0.870. The summed E-state index contributed by atoms with van der Waals surface area (Å²) in [6, 6.07) is 11.7. The van der Waals surface area contributed by atoms with Gasteiger partial charge in [0, 0.05) is 6.92 Å². The quantitative estimate of drug-likeness (QED) is 0.522. The second kappa shape index (κ2) is 9.72. The monoisotopic (exact) mass is 463 g/mol. The lowest BCUT2D eigenvalue weighted by Crippen LogP contribution is -2.15. The fraction of sp³-hybridized carbons (Fsp3) is 0.143. The zero-order chi connectivity index (χ0) is 22.5. The van der Waals surface area contributed by atoms with E-state index in [9.17, 15) is 14.0 Å². The van der Waals surface area contributed by atoms with Gasteiger partial charge in [0.05, 0.1) is 17.7 Å². The number of hydrogen-bond acceptors (Lipinski definition) is 6. The van der Waals surface area contributed by atoms with Crippen molar-refractivity contribution in [1.29, 1.82) is 0 Å². The van der Waals surface area contributed by atoms with Gasteiger partial charge in [-0.15, -0.1) is 0 Å². The molecule has 0 aliphatic rings. The Bertz CT molecular complexity index is 1140. The van der Waals surface area contributed by atoms with E-state index < -0.39 is 17.7 Å². The molecule has 0 aliphatic carbocycles. The smallest absolute Gasteiger partial charge is 0.359 e. The number of aromatic nitrogens is 2. The van der Waals surface area contributed by atoms with Gasteiger partial charge in [0.15, 0.2) is 28.9 Å². The van der Waals surface area contributed by atoms with E-state index in [1.165, 1.54) is 26.2 Å². The summed E-state index contributed by atoms with van der Waals surface area (Å²) in [6.07, 6.45) is 0. The summed E-state index contributed by atoms with van der Waals surface area (Å²) in [5, 5.41) is 2.21. The molecule has 0 bridgehead atoms. The third-order valence-corrected chi connectivity index (χ3v) is 4.70. The van der Waals surface area contributed by atoms with Crippen LogP contribution in [0.1, 0.15) is 23.0 Å². The fourth-order valence-corrected chi connectivity index (χ4v) is 3.07. The van der Waals surface area contributed by atoms with Crippen LogP contribution in [0.5, 0.6) is 5.75 Å². The number of carbonyl (C=O) groups excluding carboxylic acids is 2. The molecular weight excluding hydrogens is 448 g/mol. The Balaban J connectivity index is 2.05. The van der Waals surface area contributed by atoms with Gasteiger partial charge in [-0.05, 0) is 17.7 Å². The molecule has 0 atom stereocenters. The molecule has 1 N–H and O–H groups in total. The van der Waals surface area contributed by atoms with Gasteiger partial charge in [-0.2, -0.15) is 0 Å². The third kappa shape index (κ3) is 5.10. The molecule has 2 aromatic carbocycles. The van der Waals surface area contributed by atoms with Crippen molar-refractivity contribution < 1.29 is 23.5 Å². The molecule has 1 heterocycles. The molecule has 0 unspecified atom stereocenters. The molecule has 1 aromatic heterocycles. The van der Waals surface area contributed by atoms with Crippen LogP contribution in [-0.2, 0) is 16.1 Å². The van der Waals surface area contributed by atoms with Crippen LogP contribution in [0.15, 0.2) is 42.5 Å². The molecule has 0 saturated heterocycles. The SMILES string of the molecule is COc1c(Cl)ccc(-c2nc(NC(C)=O)c(Cl)c(C(=O)OCc3ccccc3)n2)c1F. The number of nitrogens with zero attached hydrogens (tertiary/aromatic N) is 2. The topological polar surface area (TPSA) is 90.4 Å². The zero-order valence-corrected chi connectivity index (χ0v) is 17.9. The first-order valence-corrected chi connectivity index (χ1v) is 9.66. The number of esters is 1. The number of rotatable bonds is 6. The molecule has 3 aromatic rings. The van der Waals surface area contributed by atoms with Crippen molar-refractivity contribution in [3.63, 3.8) is 0 Å². The summed E-state index contributed by atoms with van der Waals surface area (Å²) in [4.78, 5) is 32.4. The van der Waals surface area contributed by atoms with Gasteiger partial charge in [-0.3, -0.25) is 4.79 Å². The van der Waals surface area contributed by atoms with Crippen molar-refractivity contribution in [2.24, 2.45) is 0 Å². The first-order valence-electron chi connectivity index (χ1n) is 8.90. The minimum Gasteiger partial charge on any atom is -0.492 e. The van der Waals surface area contributed by atoms with E-state index in [4.69, 9.17) is 32.7 Å². The van der Waals surface area contributed by atoms with Crippen LogP contribution in [0.25, 0.3) is 11.4 Å². The number of anilines is 1. The number of hydrogen-bond donors (Lipinski definition) is 1. The molecule has 1 amide bonds. The van der Waals surface area contributed by atoms with Crippen molar-refractivity contribution in [1.82, 2.24) is 9.97 Å². The van der Waals surface area contributed by atoms with Crippen molar-refractivity contribution in [3.8, 4) is 17.1 Å². The van der Waals surface area contributed by atoms with Gasteiger partial charge < -0.3 is 14.8 Å². The first-order chi connectivity index (χ1) is 14.8. The van der Waals surface area contributed by atoms with Crippen molar-refractivity contribution in [3.05, 3.63) is 69.6 Å². The van der Waals surface area contributed by atoms with Gasteiger partial charge in [-0.25, -0.2) is 19.2 Å². The summed E-state index contributed by atoms with van der Waals surface area (Å²) >= 11 is 12.2. The first kappa shape index (κ1) is 22.5. The summed E-state index contributed by atoms with van der Waals surface area (Å²) < 4.78 is 25.1. The van der Waals surface area contributed by atoms with E-state index in [0.29, 0.717) is 0 Å². The van der Waals surface area contributed by atoms with Crippen molar-refractivity contribution >= 4 is 40.9 Å².